The molecular formula is C33H35F3N6O7. The minimum absolute atomic E-state index is 0.0352. The molecule has 1 aromatic carbocycles. The molecule has 5 N–H and O–H groups in total. The molecule has 1 saturated carbocycles. The molecule has 260 valence electrons. The van der Waals surface area contributed by atoms with Crippen molar-refractivity contribution in [2.45, 2.75) is 64.5 Å². The van der Waals surface area contributed by atoms with E-state index in [1.54, 1.807) is 0 Å². The second kappa shape index (κ2) is 15.5. The largest absolute Gasteiger partial charge is 0.573 e. The standard InChI is InChI=1S/C33H35F3N6O7/c1-18(2)19(3)38-28(44)17-42-14-6-8-26(32(42)48)41-31(47)25(7-4-5-9-27(43)39-20-10-11-20)40-30(46)23-16-37-24-13-12-21(49-33(34,35)36)15-22(24)29(23)45/h5-6,8-9,12-16,18,20,25H,3-4,7,10-11,17H2,1-2H3,(H,37,45)(H,38,44)(H,39,43)(H,40,46)(H,41,47)/b9-5+. The summed E-state index contributed by atoms with van der Waals surface area (Å²) in [6.45, 7) is 7.06. The van der Waals surface area contributed by atoms with E-state index in [0.717, 1.165) is 35.7 Å². The SMILES string of the molecule is C=C(NC(=O)Cn1cccc(NC(=O)C(CC/C=C/C(=O)NC2CC2)NC(=O)c2c[nH]c3ccc(OC(F)(F)F)cc3c2=O)c1=O)C(C)C. The Bertz CT molecular complexity index is 1910. The van der Waals surface area contributed by atoms with E-state index >= 15 is 0 Å². The van der Waals surface area contributed by atoms with Gasteiger partial charge in [0, 0.05) is 35.0 Å². The number of pyridine rings is 2. The Morgan fingerprint density at radius 2 is 1.88 bits per heavy atom. The summed E-state index contributed by atoms with van der Waals surface area (Å²) in [6.07, 6.45) is 1.98. The van der Waals surface area contributed by atoms with Crippen LogP contribution < -0.4 is 37.0 Å². The minimum atomic E-state index is -5.01. The van der Waals surface area contributed by atoms with Crippen LogP contribution in [0, 0.1) is 5.92 Å². The fourth-order valence-corrected chi connectivity index (χ4v) is 4.49. The number of carbonyl (C=O) groups is 4. The number of alkyl halides is 3. The van der Waals surface area contributed by atoms with E-state index in [2.05, 4.69) is 37.6 Å². The Labute approximate surface area is 277 Å². The third-order valence-electron chi connectivity index (χ3n) is 7.36. The van der Waals surface area contributed by atoms with Crippen molar-refractivity contribution in [2.24, 2.45) is 5.92 Å². The second-order valence-electron chi connectivity index (χ2n) is 11.6. The van der Waals surface area contributed by atoms with Gasteiger partial charge in [0.1, 0.15) is 29.6 Å². The Morgan fingerprint density at radius 1 is 1.14 bits per heavy atom. The predicted molar refractivity (Wildman–Crippen MR) is 173 cm³/mol. The first-order valence-electron chi connectivity index (χ1n) is 15.3. The topological polar surface area (TPSA) is 180 Å². The normalized spacial score (nSPS) is 13.6. The van der Waals surface area contributed by atoms with Crippen LogP contribution in [0.4, 0.5) is 18.9 Å². The molecule has 13 nitrogen and oxygen atoms in total. The smallest absolute Gasteiger partial charge is 0.406 e. The van der Waals surface area contributed by atoms with Crippen molar-refractivity contribution in [3.63, 3.8) is 0 Å². The van der Waals surface area contributed by atoms with Crippen LogP contribution in [0.25, 0.3) is 10.9 Å². The van der Waals surface area contributed by atoms with Crippen LogP contribution in [0.3, 0.4) is 0 Å². The lowest BCUT2D eigenvalue weighted by molar-refractivity contribution is -0.274. The van der Waals surface area contributed by atoms with Crippen molar-refractivity contribution in [2.75, 3.05) is 5.32 Å². The Morgan fingerprint density at radius 3 is 2.55 bits per heavy atom. The molecule has 1 atom stereocenters. The average Bonchev–Trinajstić information content (AvgIpc) is 3.84. The number of aromatic amines is 1. The number of nitrogens with one attached hydrogen (secondary N) is 5. The van der Waals surface area contributed by atoms with Crippen molar-refractivity contribution >= 4 is 40.2 Å². The molecule has 3 aromatic rings. The number of aromatic nitrogens is 2. The number of halogens is 3. The molecule has 49 heavy (non-hydrogen) atoms. The first kappa shape index (κ1) is 36.2. The number of nitrogens with zero attached hydrogens (tertiary/aromatic N) is 1. The van der Waals surface area contributed by atoms with Crippen LogP contribution in [0.2, 0.25) is 0 Å². The zero-order valence-corrected chi connectivity index (χ0v) is 26.6. The maximum absolute atomic E-state index is 13.5. The number of H-pyrrole nitrogens is 1. The summed E-state index contributed by atoms with van der Waals surface area (Å²) in [5.41, 5.74) is -1.78. The number of amides is 4. The van der Waals surface area contributed by atoms with Crippen LogP contribution in [0.15, 0.2) is 76.7 Å². The van der Waals surface area contributed by atoms with Gasteiger partial charge in [0.05, 0.1) is 0 Å². The van der Waals surface area contributed by atoms with Gasteiger partial charge in [-0.1, -0.05) is 26.5 Å². The van der Waals surface area contributed by atoms with Crippen molar-refractivity contribution in [1.82, 2.24) is 25.5 Å². The molecule has 1 aliphatic carbocycles. The molecule has 0 bridgehead atoms. The average molecular weight is 685 g/mol. The molecule has 0 spiro atoms. The van der Waals surface area contributed by atoms with Crippen LogP contribution in [0.5, 0.6) is 5.75 Å². The predicted octanol–water partition coefficient (Wildman–Crippen LogP) is 3.23. The fraction of sp³-hybridized carbons (Fsp3) is 0.333. The maximum atomic E-state index is 13.5. The number of hydrogen-bond acceptors (Lipinski definition) is 7. The van der Waals surface area contributed by atoms with Gasteiger partial charge in [0.25, 0.3) is 11.5 Å². The molecule has 4 rings (SSSR count). The van der Waals surface area contributed by atoms with E-state index in [0.29, 0.717) is 5.70 Å². The van der Waals surface area contributed by atoms with Gasteiger partial charge in [-0.2, -0.15) is 0 Å². The van der Waals surface area contributed by atoms with Crippen LogP contribution in [-0.4, -0.2) is 51.6 Å². The van der Waals surface area contributed by atoms with Crippen LogP contribution in [-0.2, 0) is 20.9 Å². The number of ether oxygens (including phenoxy) is 1. The lowest BCUT2D eigenvalue weighted by Gasteiger charge is -2.18. The number of hydrogen-bond donors (Lipinski definition) is 5. The number of carbonyl (C=O) groups excluding carboxylic acids is 4. The molecule has 1 aliphatic rings. The van der Waals surface area contributed by atoms with Gasteiger partial charge in [0.2, 0.25) is 23.2 Å². The van der Waals surface area contributed by atoms with Gasteiger partial charge in [-0.3, -0.25) is 28.8 Å². The number of anilines is 1. The molecule has 1 unspecified atom stereocenters. The monoisotopic (exact) mass is 684 g/mol. The Balaban J connectivity index is 1.54. The molecule has 1 fully saturated rings. The van der Waals surface area contributed by atoms with Gasteiger partial charge in [-0.15, -0.1) is 13.2 Å². The van der Waals surface area contributed by atoms with Crippen molar-refractivity contribution in [3.05, 3.63) is 93.3 Å². The molecule has 2 heterocycles. The van der Waals surface area contributed by atoms with E-state index < -0.39 is 52.4 Å². The van der Waals surface area contributed by atoms with Crippen LogP contribution >= 0.6 is 0 Å². The highest BCUT2D eigenvalue weighted by Gasteiger charge is 2.31. The van der Waals surface area contributed by atoms with E-state index in [4.69, 9.17) is 0 Å². The van der Waals surface area contributed by atoms with E-state index in [-0.39, 0.29) is 53.8 Å². The van der Waals surface area contributed by atoms with Gasteiger partial charge < -0.3 is 35.6 Å². The summed E-state index contributed by atoms with van der Waals surface area (Å²) in [6, 6.07) is 4.51. The van der Waals surface area contributed by atoms with Gasteiger partial charge in [-0.25, -0.2) is 0 Å². The summed E-state index contributed by atoms with van der Waals surface area (Å²) in [5, 5.41) is 9.99. The second-order valence-corrected chi connectivity index (χ2v) is 11.6. The van der Waals surface area contributed by atoms with Crippen molar-refractivity contribution < 1.29 is 37.1 Å². The minimum Gasteiger partial charge on any atom is -0.406 e. The van der Waals surface area contributed by atoms with E-state index in [1.165, 1.54) is 36.5 Å². The highest BCUT2D eigenvalue weighted by Crippen LogP contribution is 2.25. The van der Waals surface area contributed by atoms with Gasteiger partial charge in [0.15, 0.2) is 0 Å². The number of rotatable bonds is 14. The molecule has 0 radical (unpaired) electrons. The summed E-state index contributed by atoms with van der Waals surface area (Å²) >= 11 is 0. The quantitative estimate of drug-likeness (QED) is 0.162. The van der Waals surface area contributed by atoms with E-state index in [9.17, 15) is 41.9 Å². The molecule has 0 saturated heterocycles. The Kier molecular flexibility index (Phi) is 11.4. The zero-order chi connectivity index (χ0) is 35.9. The molecular weight excluding hydrogens is 649 g/mol. The first-order chi connectivity index (χ1) is 23.1. The molecule has 2 aromatic heterocycles. The lowest BCUT2D eigenvalue weighted by atomic mass is 10.1. The summed E-state index contributed by atoms with van der Waals surface area (Å²) in [7, 11) is 0. The maximum Gasteiger partial charge on any atom is 0.573 e. The van der Waals surface area contributed by atoms with Gasteiger partial charge >= 0.3 is 6.36 Å². The van der Waals surface area contributed by atoms with Crippen LogP contribution in [0.1, 0.15) is 49.9 Å². The molecule has 0 aliphatic heterocycles. The van der Waals surface area contributed by atoms with E-state index in [1.807, 2.05) is 13.8 Å². The molecule has 16 heteroatoms. The summed E-state index contributed by atoms with van der Waals surface area (Å²) < 4.78 is 43.2. The third kappa shape index (κ3) is 10.4. The fourth-order valence-electron chi connectivity index (χ4n) is 4.49. The van der Waals surface area contributed by atoms with Gasteiger partial charge in [-0.05, 0) is 68.0 Å². The first-order valence-corrected chi connectivity index (χ1v) is 15.3. The summed E-state index contributed by atoms with van der Waals surface area (Å²) in [4.78, 5) is 80.2. The number of allylic oxidation sites excluding steroid dienone is 2. The highest BCUT2D eigenvalue weighted by molar-refractivity contribution is 6.02. The lowest BCUT2D eigenvalue weighted by Crippen LogP contribution is -2.45. The summed E-state index contributed by atoms with van der Waals surface area (Å²) in [5.74, 6) is -3.43. The number of benzene rings is 1. The van der Waals surface area contributed by atoms with Crippen molar-refractivity contribution in [3.8, 4) is 5.75 Å². The third-order valence-corrected chi connectivity index (χ3v) is 7.36. The highest BCUT2D eigenvalue weighted by atomic mass is 19.4. The van der Waals surface area contributed by atoms with Crippen molar-refractivity contribution in [1.29, 1.82) is 0 Å². The zero-order valence-electron chi connectivity index (χ0n) is 26.6. The number of fused-ring (bicyclic) bond motifs is 1. The Hall–Kier alpha value is -5.67. The molecule has 4 amide bonds.